The summed E-state index contributed by atoms with van der Waals surface area (Å²) in [5, 5.41) is 5.15. The molecule has 3 rings (SSSR count). The molecule has 4 nitrogen and oxygen atoms in total. The molecule has 3 aromatic carbocycles. The number of nitrogens with zero attached hydrogens (tertiary/aromatic N) is 1. The first-order valence-electron chi connectivity index (χ1n) is 9.05. The Morgan fingerprint density at radius 1 is 0.966 bits per heavy atom. The van der Waals surface area contributed by atoms with Gasteiger partial charge in [0.15, 0.2) is 6.61 Å². The van der Waals surface area contributed by atoms with Crippen molar-refractivity contribution in [1.29, 1.82) is 0 Å². The second-order valence-corrected chi connectivity index (χ2v) is 7.25. The Hall–Kier alpha value is -2.82. The highest BCUT2D eigenvalue weighted by Gasteiger charge is 2.17. The first-order valence-corrected chi connectivity index (χ1v) is 9.81. The molecule has 0 saturated heterocycles. The molecule has 0 bridgehead atoms. The molecule has 0 unspecified atom stereocenters. The van der Waals surface area contributed by atoms with E-state index in [1.807, 2.05) is 67.6 Å². The van der Waals surface area contributed by atoms with Crippen molar-refractivity contribution in [1.82, 2.24) is 5.43 Å². The van der Waals surface area contributed by atoms with Gasteiger partial charge >= 0.3 is 0 Å². The fourth-order valence-corrected chi connectivity index (χ4v) is 3.41. The van der Waals surface area contributed by atoms with E-state index in [0.717, 1.165) is 16.8 Å². The third kappa shape index (κ3) is 5.83. The van der Waals surface area contributed by atoms with Gasteiger partial charge in [-0.05, 0) is 36.2 Å². The van der Waals surface area contributed by atoms with Gasteiger partial charge in [-0.2, -0.15) is 5.10 Å². The van der Waals surface area contributed by atoms with Crippen LogP contribution in [0.15, 0.2) is 84.0 Å². The highest BCUT2D eigenvalue weighted by Crippen LogP contribution is 2.28. The van der Waals surface area contributed by atoms with E-state index in [9.17, 15) is 4.79 Å². The van der Waals surface area contributed by atoms with Gasteiger partial charge in [0.25, 0.3) is 5.91 Å². The van der Waals surface area contributed by atoms with Gasteiger partial charge in [-0.1, -0.05) is 83.9 Å². The maximum Gasteiger partial charge on any atom is 0.277 e. The van der Waals surface area contributed by atoms with E-state index in [2.05, 4.69) is 10.5 Å². The highest BCUT2D eigenvalue weighted by molar-refractivity contribution is 6.35. The van der Waals surface area contributed by atoms with Crippen molar-refractivity contribution in [3.05, 3.63) is 100 Å². The zero-order chi connectivity index (χ0) is 20.6. The molecule has 0 aromatic heterocycles. The van der Waals surface area contributed by atoms with E-state index >= 15 is 0 Å². The number of benzene rings is 3. The number of ether oxygens (including phenoxy) is 1. The molecule has 3 aromatic rings. The second-order valence-electron chi connectivity index (χ2n) is 6.41. The van der Waals surface area contributed by atoms with Gasteiger partial charge in [0.1, 0.15) is 5.75 Å². The number of rotatable bonds is 7. The van der Waals surface area contributed by atoms with Crippen LogP contribution in [0.2, 0.25) is 10.0 Å². The van der Waals surface area contributed by atoms with Gasteiger partial charge in [0, 0.05) is 16.7 Å². The number of nitrogens with one attached hydrogen (secondary N) is 1. The summed E-state index contributed by atoms with van der Waals surface area (Å²) < 4.78 is 5.44. The number of amides is 1. The van der Waals surface area contributed by atoms with Crippen LogP contribution in [0, 0.1) is 0 Å². The number of hydrazone groups is 1. The van der Waals surface area contributed by atoms with Gasteiger partial charge < -0.3 is 4.74 Å². The van der Waals surface area contributed by atoms with Crippen molar-refractivity contribution >= 4 is 34.8 Å². The lowest BCUT2D eigenvalue weighted by Crippen LogP contribution is -2.26. The van der Waals surface area contributed by atoms with Crippen LogP contribution in [0.25, 0.3) is 0 Å². The molecule has 0 radical (unpaired) electrons. The fourth-order valence-electron chi connectivity index (χ4n) is 2.95. The molecule has 1 amide bonds. The number of carbonyl (C=O) groups is 1. The SMILES string of the molecule is C/C(=N\NC(=O)COc1ccc(Cl)cc1Cl)C(c1ccccc1)c1ccccc1. The van der Waals surface area contributed by atoms with Gasteiger partial charge in [-0.25, -0.2) is 5.43 Å². The summed E-state index contributed by atoms with van der Waals surface area (Å²) in [6.45, 7) is 1.68. The molecular weight excluding hydrogens is 407 g/mol. The van der Waals surface area contributed by atoms with Gasteiger partial charge in [-0.3, -0.25) is 4.79 Å². The molecule has 29 heavy (non-hydrogen) atoms. The van der Waals surface area contributed by atoms with E-state index in [-0.39, 0.29) is 18.4 Å². The number of halogens is 2. The van der Waals surface area contributed by atoms with Crippen molar-refractivity contribution in [2.45, 2.75) is 12.8 Å². The fraction of sp³-hybridized carbons (Fsp3) is 0.130. The smallest absolute Gasteiger partial charge is 0.277 e. The third-order valence-electron chi connectivity index (χ3n) is 4.29. The van der Waals surface area contributed by atoms with Crippen molar-refractivity contribution in [2.24, 2.45) is 5.10 Å². The summed E-state index contributed by atoms with van der Waals surface area (Å²) in [4.78, 5) is 12.2. The molecule has 0 aliphatic rings. The minimum Gasteiger partial charge on any atom is -0.482 e. The maximum absolute atomic E-state index is 12.2. The zero-order valence-corrected chi connectivity index (χ0v) is 17.3. The van der Waals surface area contributed by atoms with Crippen LogP contribution in [0.5, 0.6) is 5.75 Å². The first-order chi connectivity index (χ1) is 14.0. The molecule has 0 fully saturated rings. The Morgan fingerprint density at radius 3 is 2.10 bits per heavy atom. The maximum atomic E-state index is 12.2. The molecule has 0 atom stereocenters. The predicted octanol–water partition coefficient (Wildman–Crippen LogP) is 5.70. The minimum atomic E-state index is -0.379. The average molecular weight is 427 g/mol. The monoisotopic (exact) mass is 426 g/mol. The van der Waals surface area contributed by atoms with E-state index in [1.165, 1.54) is 0 Å². The van der Waals surface area contributed by atoms with Crippen LogP contribution < -0.4 is 10.2 Å². The standard InChI is InChI=1S/C23H20Cl2N2O2/c1-16(23(17-8-4-2-5-9-17)18-10-6-3-7-11-18)26-27-22(28)15-29-21-13-12-19(24)14-20(21)25/h2-14,23H,15H2,1H3,(H,27,28)/b26-16+. The number of carbonyl (C=O) groups excluding carboxylic acids is 1. The van der Waals surface area contributed by atoms with Crippen LogP contribution >= 0.6 is 23.2 Å². The molecule has 0 heterocycles. The molecule has 0 spiro atoms. The molecule has 1 N–H and O–H groups in total. The van der Waals surface area contributed by atoms with Gasteiger partial charge in [0.05, 0.1) is 5.02 Å². The Balaban J connectivity index is 1.69. The van der Waals surface area contributed by atoms with Crippen LogP contribution in [0.4, 0.5) is 0 Å². The predicted molar refractivity (Wildman–Crippen MR) is 118 cm³/mol. The zero-order valence-electron chi connectivity index (χ0n) is 15.8. The largest absolute Gasteiger partial charge is 0.482 e. The highest BCUT2D eigenvalue weighted by atomic mass is 35.5. The van der Waals surface area contributed by atoms with Crippen LogP contribution in [-0.4, -0.2) is 18.2 Å². The summed E-state index contributed by atoms with van der Waals surface area (Å²) >= 11 is 11.9. The Kier molecular flexibility index (Phi) is 7.28. The molecular formula is C23H20Cl2N2O2. The number of hydrogen-bond acceptors (Lipinski definition) is 3. The first kappa shape index (κ1) is 20.9. The van der Waals surface area contributed by atoms with E-state index in [0.29, 0.717) is 15.8 Å². The Labute approximate surface area is 180 Å². The van der Waals surface area contributed by atoms with Crippen LogP contribution in [-0.2, 0) is 4.79 Å². The summed E-state index contributed by atoms with van der Waals surface area (Å²) in [5.41, 5.74) is 5.51. The summed E-state index contributed by atoms with van der Waals surface area (Å²) in [7, 11) is 0. The minimum absolute atomic E-state index is 0.0654. The van der Waals surface area contributed by atoms with Crippen LogP contribution in [0.1, 0.15) is 24.0 Å². The lowest BCUT2D eigenvalue weighted by molar-refractivity contribution is -0.123. The summed E-state index contributed by atoms with van der Waals surface area (Å²) in [6.07, 6.45) is 0. The van der Waals surface area contributed by atoms with Crippen LogP contribution in [0.3, 0.4) is 0 Å². The van der Waals surface area contributed by atoms with Crippen molar-refractivity contribution < 1.29 is 9.53 Å². The van der Waals surface area contributed by atoms with Gasteiger partial charge in [-0.15, -0.1) is 0 Å². The Morgan fingerprint density at radius 2 is 1.55 bits per heavy atom. The summed E-state index contributed by atoms with van der Waals surface area (Å²) in [5.74, 6) is -0.0575. The normalized spacial score (nSPS) is 11.4. The number of hydrogen-bond donors (Lipinski definition) is 1. The molecule has 0 aliphatic heterocycles. The second kappa shape index (κ2) is 10.1. The van der Waals surface area contributed by atoms with Crippen molar-refractivity contribution in [2.75, 3.05) is 6.61 Å². The molecule has 0 aliphatic carbocycles. The van der Waals surface area contributed by atoms with Gasteiger partial charge in [0.2, 0.25) is 0 Å². The third-order valence-corrected chi connectivity index (χ3v) is 4.82. The molecule has 148 valence electrons. The van der Waals surface area contributed by atoms with Crippen molar-refractivity contribution in [3.8, 4) is 5.75 Å². The lowest BCUT2D eigenvalue weighted by atomic mass is 9.88. The van der Waals surface area contributed by atoms with Crippen molar-refractivity contribution in [3.63, 3.8) is 0 Å². The van der Waals surface area contributed by atoms with E-state index in [4.69, 9.17) is 27.9 Å². The average Bonchev–Trinajstić information content (AvgIpc) is 2.73. The van der Waals surface area contributed by atoms with E-state index in [1.54, 1.807) is 18.2 Å². The van der Waals surface area contributed by atoms with E-state index < -0.39 is 0 Å². The molecule has 0 saturated carbocycles. The Bertz CT molecular complexity index is 953. The summed E-state index contributed by atoms with van der Waals surface area (Å²) in [6, 6.07) is 24.9. The molecule has 6 heteroatoms. The quantitative estimate of drug-likeness (QED) is 0.389. The lowest BCUT2D eigenvalue weighted by Gasteiger charge is -2.18. The topological polar surface area (TPSA) is 50.7 Å².